The van der Waals surface area contributed by atoms with Crippen LogP contribution in [-0.4, -0.2) is 24.5 Å². The van der Waals surface area contributed by atoms with E-state index in [9.17, 15) is 4.79 Å². The third-order valence-electron chi connectivity index (χ3n) is 2.49. The maximum Gasteiger partial charge on any atom is 0.240 e. The highest BCUT2D eigenvalue weighted by Crippen LogP contribution is 2.13. The SMILES string of the molecule is CCCC(C)(NCC(C)C)C(=O)NCC. The topological polar surface area (TPSA) is 41.1 Å². The molecule has 1 amide bonds. The molecule has 15 heavy (non-hydrogen) atoms. The third-order valence-corrected chi connectivity index (χ3v) is 2.49. The maximum atomic E-state index is 11.9. The second-order valence-corrected chi connectivity index (χ2v) is 4.72. The van der Waals surface area contributed by atoms with Crippen LogP contribution in [0.3, 0.4) is 0 Å². The summed E-state index contributed by atoms with van der Waals surface area (Å²) in [5, 5.41) is 6.26. The number of nitrogens with one attached hydrogen (secondary N) is 2. The van der Waals surface area contributed by atoms with Crippen molar-refractivity contribution in [2.24, 2.45) is 5.92 Å². The zero-order valence-electron chi connectivity index (χ0n) is 10.8. The average Bonchev–Trinajstić information content (AvgIpc) is 2.15. The molecule has 1 unspecified atom stereocenters. The van der Waals surface area contributed by atoms with Crippen LogP contribution in [0.5, 0.6) is 0 Å². The minimum absolute atomic E-state index is 0.118. The molecule has 0 aromatic rings. The lowest BCUT2D eigenvalue weighted by Gasteiger charge is -2.30. The van der Waals surface area contributed by atoms with Crippen molar-refractivity contribution in [1.29, 1.82) is 0 Å². The highest BCUT2D eigenvalue weighted by Gasteiger charge is 2.30. The van der Waals surface area contributed by atoms with Crippen molar-refractivity contribution in [2.45, 2.75) is 53.0 Å². The zero-order chi connectivity index (χ0) is 11.9. The van der Waals surface area contributed by atoms with Gasteiger partial charge in [0.25, 0.3) is 0 Å². The summed E-state index contributed by atoms with van der Waals surface area (Å²) in [6.07, 6.45) is 1.89. The van der Waals surface area contributed by atoms with E-state index < -0.39 is 5.54 Å². The van der Waals surface area contributed by atoms with Crippen LogP contribution >= 0.6 is 0 Å². The summed E-state index contributed by atoms with van der Waals surface area (Å²) in [6, 6.07) is 0. The van der Waals surface area contributed by atoms with E-state index in [0.29, 0.717) is 12.5 Å². The smallest absolute Gasteiger partial charge is 0.240 e. The van der Waals surface area contributed by atoms with E-state index >= 15 is 0 Å². The fourth-order valence-corrected chi connectivity index (χ4v) is 1.57. The molecular formula is C12H26N2O. The van der Waals surface area contributed by atoms with E-state index in [1.807, 2.05) is 13.8 Å². The molecular weight excluding hydrogens is 188 g/mol. The van der Waals surface area contributed by atoms with Gasteiger partial charge in [0.05, 0.1) is 5.54 Å². The maximum absolute atomic E-state index is 11.9. The van der Waals surface area contributed by atoms with Crippen molar-refractivity contribution < 1.29 is 4.79 Å². The van der Waals surface area contributed by atoms with Gasteiger partial charge >= 0.3 is 0 Å². The standard InChI is InChI=1S/C12H26N2O/c1-6-8-12(5,11(15)13-7-2)14-9-10(3)4/h10,14H,6-9H2,1-5H3,(H,13,15). The Balaban J connectivity index is 4.36. The van der Waals surface area contributed by atoms with Crippen LogP contribution in [0.15, 0.2) is 0 Å². The van der Waals surface area contributed by atoms with Gasteiger partial charge in [0.15, 0.2) is 0 Å². The molecule has 0 aliphatic rings. The molecule has 0 aromatic heterocycles. The lowest BCUT2D eigenvalue weighted by atomic mass is 9.94. The molecule has 0 spiro atoms. The van der Waals surface area contributed by atoms with Gasteiger partial charge in [-0.3, -0.25) is 4.79 Å². The first-order valence-electron chi connectivity index (χ1n) is 5.99. The summed E-state index contributed by atoms with van der Waals surface area (Å²) in [6.45, 7) is 11.9. The van der Waals surface area contributed by atoms with E-state index in [0.717, 1.165) is 19.4 Å². The molecule has 0 aliphatic carbocycles. The Morgan fingerprint density at radius 1 is 1.33 bits per heavy atom. The van der Waals surface area contributed by atoms with Crippen molar-refractivity contribution in [1.82, 2.24) is 10.6 Å². The van der Waals surface area contributed by atoms with Crippen LogP contribution in [-0.2, 0) is 4.79 Å². The number of amides is 1. The molecule has 2 N–H and O–H groups in total. The molecule has 0 rings (SSSR count). The van der Waals surface area contributed by atoms with E-state index in [-0.39, 0.29) is 5.91 Å². The first kappa shape index (κ1) is 14.4. The molecule has 1 atom stereocenters. The lowest BCUT2D eigenvalue weighted by molar-refractivity contribution is -0.127. The molecule has 0 radical (unpaired) electrons. The van der Waals surface area contributed by atoms with Crippen LogP contribution in [0.1, 0.15) is 47.5 Å². The van der Waals surface area contributed by atoms with Gasteiger partial charge < -0.3 is 10.6 Å². The Morgan fingerprint density at radius 3 is 2.33 bits per heavy atom. The molecule has 90 valence electrons. The van der Waals surface area contributed by atoms with Crippen molar-refractivity contribution in [3.63, 3.8) is 0 Å². The van der Waals surface area contributed by atoms with Gasteiger partial charge in [0, 0.05) is 6.54 Å². The Labute approximate surface area is 94.0 Å². The molecule has 3 heteroatoms. The monoisotopic (exact) mass is 214 g/mol. The van der Waals surface area contributed by atoms with Crippen LogP contribution in [0.4, 0.5) is 0 Å². The number of likely N-dealkylation sites (N-methyl/N-ethyl adjacent to an activating group) is 1. The third kappa shape index (κ3) is 5.17. The molecule has 3 nitrogen and oxygen atoms in total. The van der Waals surface area contributed by atoms with E-state index in [1.165, 1.54) is 0 Å². The van der Waals surface area contributed by atoms with Gasteiger partial charge in [-0.25, -0.2) is 0 Å². The van der Waals surface area contributed by atoms with Crippen LogP contribution in [0.25, 0.3) is 0 Å². The van der Waals surface area contributed by atoms with Crippen molar-refractivity contribution in [2.75, 3.05) is 13.1 Å². The summed E-state index contributed by atoms with van der Waals surface area (Å²) in [5.41, 5.74) is -0.408. The minimum atomic E-state index is -0.408. The van der Waals surface area contributed by atoms with Crippen molar-refractivity contribution in [3.05, 3.63) is 0 Å². The summed E-state index contributed by atoms with van der Waals surface area (Å²) in [7, 11) is 0. The van der Waals surface area contributed by atoms with Crippen LogP contribution < -0.4 is 10.6 Å². The second-order valence-electron chi connectivity index (χ2n) is 4.72. The van der Waals surface area contributed by atoms with Gasteiger partial charge in [0.2, 0.25) is 5.91 Å². The largest absolute Gasteiger partial charge is 0.355 e. The van der Waals surface area contributed by atoms with Crippen LogP contribution in [0.2, 0.25) is 0 Å². The summed E-state index contributed by atoms with van der Waals surface area (Å²) < 4.78 is 0. The Kier molecular flexibility index (Phi) is 6.57. The van der Waals surface area contributed by atoms with E-state index in [4.69, 9.17) is 0 Å². The number of carbonyl (C=O) groups is 1. The first-order chi connectivity index (χ1) is 6.96. The second kappa shape index (κ2) is 6.83. The molecule has 0 saturated heterocycles. The van der Waals surface area contributed by atoms with E-state index in [2.05, 4.69) is 31.4 Å². The Bertz CT molecular complexity index is 192. The fourth-order valence-electron chi connectivity index (χ4n) is 1.57. The number of carbonyl (C=O) groups excluding carboxylic acids is 1. The summed E-state index contributed by atoms with van der Waals surface area (Å²) >= 11 is 0. The molecule has 0 saturated carbocycles. The molecule has 0 fully saturated rings. The van der Waals surface area contributed by atoms with Gasteiger partial charge in [-0.1, -0.05) is 27.2 Å². The Morgan fingerprint density at radius 2 is 1.93 bits per heavy atom. The minimum Gasteiger partial charge on any atom is -0.355 e. The predicted molar refractivity (Wildman–Crippen MR) is 64.8 cm³/mol. The van der Waals surface area contributed by atoms with E-state index in [1.54, 1.807) is 0 Å². The summed E-state index contributed by atoms with van der Waals surface area (Å²) in [4.78, 5) is 11.9. The number of hydrogen-bond acceptors (Lipinski definition) is 2. The summed E-state index contributed by atoms with van der Waals surface area (Å²) in [5.74, 6) is 0.683. The van der Waals surface area contributed by atoms with Gasteiger partial charge in [0.1, 0.15) is 0 Å². The molecule has 0 aliphatic heterocycles. The molecule has 0 aromatic carbocycles. The quantitative estimate of drug-likeness (QED) is 0.680. The average molecular weight is 214 g/mol. The number of rotatable bonds is 7. The molecule has 0 heterocycles. The van der Waals surface area contributed by atoms with Crippen molar-refractivity contribution in [3.8, 4) is 0 Å². The normalized spacial score (nSPS) is 15.1. The zero-order valence-corrected chi connectivity index (χ0v) is 10.8. The fraction of sp³-hybridized carbons (Fsp3) is 0.917. The van der Waals surface area contributed by atoms with Crippen molar-refractivity contribution >= 4 is 5.91 Å². The highest BCUT2D eigenvalue weighted by atomic mass is 16.2. The molecule has 0 bridgehead atoms. The highest BCUT2D eigenvalue weighted by molar-refractivity contribution is 5.85. The van der Waals surface area contributed by atoms with Gasteiger partial charge in [-0.15, -0.1) is 0 Å². The first-order valence-corrected chi connectivity index (χ1v) is 5.99. The van der Waals surface area contributed by atoms with Crippen LogP contribution in [0, 0.1) is 5.92 Å². The van der Waals surface area contributed by atoms with Gasteiger partial charge in [-0.2, -0.15) is 0 Å². The Hall–Kier alpha value is -0.570. The lowest BCUT2D eigenvalue weighted by Crippen LogP contribution is -2.55. The number of hydrogen-bond donors (Lipinski definition) is 2. The van der Waals surface area contributed by atoms with Gasteiger partial charge in [-0.05, 0) is 32.7 Å². The predicted octanol–water partition coefficient (Wildman–Crippen LogP) is 1.93.